The fourth-order valence-electron chi connectivity index (χ4n) is 2.07. The Morgan fingerprint density at radius 3 is 2.86 bits per heavy atom. The molecule has 0 fully saturated rings. The Labute approximate surface area is 129 Å². The number of benzene rings is 1. The van der Waals surface area contributed by atoms with E-state index >= 15 is 0 Å². The second-order valence-corrected chi connectivity index (χ2v) is 5.30. The molecule has 2 rings (SSSR count). The van der Waals surface area contributed by atoms with Crippen LogP contribution in [0, 0.1) is 0 Å². The number of carbonyl (C=O) groups excluding carboxylic acids is 1. The summed E-state index contributed by atoms with van der Waals surface area (Å²) >= 11 is 0. The Morgan fingerprint density at radius 1 is 1.41 bits per heavy atom. The minimum Gasteiger partial charge on any atom is -0.507 e. The molecular weight excluding hydrogens is 282 g/mol. The number of carbonyl (C=O) groups is 1. The molecule has 1 aromatic carbocycles. The molecule has 0 atom stereocenters. The average Bonchev–Trinajstić information content (AvgIpc) is 2.95. The quantitative estimate of drug-likeness (QED) is 0.879. The van der Waals surface area contributed by atoms with Crippen LogP contribution in [0.3, 0.4) is 0 Å². The number of rotatable bonds is 6. The van der Waals surface area contributed by atoms with Crippen molar-refractivity contribution in [2.75, 3.05) is 27.8 Å². The summed E-state index contributed by atoms with van der Waals surface area (Å²) in [6.07, 6.45) is 3.85. The standard InChI is InChI=1S/C16H21N3O3/c1-18(2)16(21)9-12-4-5-15(20)14(8-12)13-10-17-19(11-13)6-7-22-3/h4-5,8,10-11,20H,6-7,9H2,1-3H3. The van der Waals surface area contributed by atoms with Gasteiger partial charge in [-0.2, -0.15) is 5.10 Å². The third-order valence-corrected chi connectivity index (χ3v) is 3.38. The van der Waals surface area contributed by atoms with Crippen LogP contribution in [0.4, 0.5) is 0 Å². The van der Waals surface area contributed by atoms with Crippen LogP contribution in [-0.4, -0.2) is 53.5 Å². The number of methoxy groups -OCH3 is 1. The van der Waals surface area contributed by atoms with Crippen LogP contribution in [0.25, 0.3) is 11.1 Å². The molecule has 0 aliphatic heterocycles. The predicted octanol–water partition coefficient (Wildman–Crippen LogP) is 1.53. The van der Waals surface area contributed by atoms with Crippen molar-refractivity contribution in [3.8, 4) is 16.9 Å². The molecule has 2 aromatic rings. The molecule has 0 aliphatic rings. The minimum atomic E-state index is 0.0208. The molecule has 0 radical (unpaired) electrons. The number of phenols is 1. The Morgan fingerprint density at radius 2 is 2.18 bits per heavy atom. The van der Waals surface area contributed by atoms with Gasteiger partial charge in [0.1, 0.15) is 5.75 Å². The number of amides is 1. The van der Waals surface area contributed by atoms with E-state index in [1.165, 1.54) is 0 Å². The molecule has 0 saturated carbocycles. The number of hydrogen-bond acceptors (Lipinski definition) is 4. The number of likely N-dealkylation sites (N-methyl/N-ethyl adjacent to an activating group) is 1. The van der Waals surface area contributed by atoms with Crippen molar-refractivity contribution >= 4 is 5.91 Å². The summed E-state index contributed by atoms with van der Waals surface area (Å²) in [6.45, 7) is 1.22. The van der Waals surface area contributed by atoms with Gasteiger partial charge in [-0.15, -0.1) is 0 Å². The molecule has 1 amide bonds. The minimum absolute atomic E-state index is 0.0208. The zero-order valence-electron chi connectivity index (χ0n) is 13.1. The van der Waals surface area contributed by atoms with E-state index in [0.29, 0.717) is 25.1 Å². The lowest BCUT2D eigenvalue weighted by Gasteiger charge is -2.11. The highest BCUT2D eigenvalue weighted by Crippen LogP contribution is 2.30. The van der Waals surface area contributed by atoms with E-state index in [2.05, 4.69) is 5.10 Å². The van der Waals surface area contributed by atoms with Gasteiger partial charge in [-0.1, -0.05) is 6.07 Å². The molecule has 6 heteroatoms. The molecule has 1 aromatic heterocycles. The molecule has 22 heavy (non-hydrogen) atoms. The van der Waals surface area contributed by atoms with Crippen LogP contribution >= 0.6 is 0 Å². The SMILES string of the molecule is COCCn1cc(-c2cc(CC(=O)N(C)C)ccc2O)cn1. The van der Waals surface area contributed by atoms with Gasteiger partial charge in [0.05, 0.1) is 25.8 Å². The van der Waals surface area contributed by atoms with Gasteiger partial charge in [0.25, 0.3) is 0 Å². The highest BCUT2D eigenvalue weighted by atomic mass is 16.5. The maximum absolute atomic E-state index is 11.8. The van der Waals surface area contributed by atoms with Gasteiger partial charge in [0.2, 0.25) is 5.91 Å². The molecule has 1 N–H and O–H groups in total. The largest absolute Gasteiger partial charge is 0.507 e. The van der Waals surface area contributed by atoms with Gasteiger partial charge >= 0.3 is 0 Å². The van der Waals surface area contributed by atoms with E-state index in [-0.39, 0.29) is 11.7 Å². The Balaban J connectivity index is 2.22. The summed E-state index contributed by atoms with van der Waals surface area (Å²) in [7, 11) is 5.09. The van der Waals surface area contributed by atoms with Crippen LogP contribution in [0.2, 0.25) is 0 Å². The summed E-state index contributed by atoms with van der Waals surface area (Å²) in [6, 6.07) is 5.20. The fraction of sp³-hybridized carbons (Fsp3) is 0.375. The summed E-state index contributed by atoms with van der Waals surface area (Å²) in [4.78, 5) is 13.4. The van der Waals surface area contributed by atoms with Gasteiger partial charge in [-0.3, -0.25) is 9.48 Å². The number of nitrogens with zero attached hydrogens (tertiary/aromatic N) is 3. The second-order valence-electron chi connectivity index (χ2n) is 5.30. The normalized spacial score (nSPS) is 10.7. The van der Waals surface area contributed by atoms with Crippen molar-refractivity contribution in [1.82, 2.24) is 14.7 Å². The van der Waals surface area contributed by atoms with Crippen molar-refractivity contribution in [3.05, 3.63) is 36.2 Å². The third kappa shape index (κ3) is 3.85. The van der Waals surface area contributed by atoms with Crippen molar-refractivity contribution in [2.24, 2.45) is 0 Å². The Hall–Kier alpha value is -2.34. The zero-order valence-corrected chi connectivity index (χ0v) is 13.1. The van der Waals surface area contributed by atoms with Crippen LogP contribution in [0.5, 0.6) is 5.75 Å². The zero-order chi connectivity index (χ0) is 16.1. The van der Waals surface area contributed by atoms with Crippen LogP contribution < -0.4 is 0 Å². The van der Waals surface area contributed by atoms with Crippen molar-refractivity contribution in [3.63, 3.8) is 0 Å². The first-order chi connectivity index (χ1) is 10.5. The molecule has 0 saturated heterocycles. The maximum Gasteiger partial charge on any atom is 0.226 e. The van der Waals surface area contributed by atoms with E-state index < -0.39 is 0 Å². The molecule has 0 unspecified atom stereocenters. The lowest BCUT2D eigenvalue weighted by Crippen LogP contribution is -2.23. The molecule has 0 bridgehead atoms. The van der Waals surface area contributed by atoms with Crippen LogP contribution in [0.1, 0.15) is 5.56 Å². The predicted molar refractivity (Wildman–Crippen MR) is 83.6 cm³/mol. The van der Waals surface area contributed by atoms with E-state index in [1.54, 1.807) is 49.1 Å². The maximum atomic E-state index is 11.8. The molecule has 118 valence electrons. The van der Waals surface area contributed by atoms with E-state index in [4.69, 9.17) is 4.74 Å². The fourth-order valence-corrected chi connectivity index (χ4v) is 2.07. The topological polar surface area (TPSA) is 67.6 Å². The van der Waals surface area contributed by atoms with E-state index in [1.807, 2.05) is 12.3 Å². The van der Waals surface area contributed by atoms with Crippen molar-refractivity contribution in [1.29, 1.82) is 0 Å². The van der Waals surface area contributed by atoms with Crippen LogP contribution in [-0.2, 0) is 22.5 Å². The Bertz CT molecular complexity index is 650. The molecular formula is C16H21N3O3. The van der Waals surface area contributed by atoms with Gasteiger partial charge in [0.15, 0.2) is 0 Å². The molecule has 0 aliphatic carbocycles. The van der Waals surface area contributed by atoms with Crippen molar-refractivity contribution < 1.29 is 14.6 Å². The third-order valence-electron chi connectivity index (χ3n) is 3.38. The van der Waals surface area contributed by atoms with E-state index in [9.17, 15) is 9.90 Å². The molecule has 6 nitrogen and oxygen atoms in total. The number of hydrogen-bond donors (Lipinski definition) is 1. The summed E-state index contributed by atoms with van der Waals surface area (Å²) in [5.74, 6) is 0.194. The van der Waals surface area contributed by atoms with Gasteiger partial charge < -0.3 is 14.7 Å². The first-order valence-corrected chi connectivity index (χ1v) is 7.05. The lowest BCUT2D eigenvalue weighted by molar-refractivity contribution is -0.127. The summed E-state index contributed by atoms with van der Waals surface area (Å²) in [5.41, 5.74) is 2.34. The molecule has 1 heterocycles. The van der Waals surface area contributed by atoms with Crippen LogP contribution in [0.15, 0.2) is 30.6 Å². The van der Waals surface area contributed by atoms with Crippen molar-refractivity contribution in [2.45, 2.75) is 13.0 Å². The first kappa shape index (κ1) is 16.0. The highest BCUT2D eigenvalue weighted by molar-refractivity contribution is 5.79. The summed E-state index contributed by atoms with van der Waals surface area (Å²) < 4.78 is 6.78. The van der Waals surface area contributed by atoms with Gasteiger partial charge in [0, 0.05) is 38.5 Å². The smallest absolute Gasteiger partial charge is 0.226 e. The average molecular weight is 303 g/mol. The summed E-state index contributed by atoms with van der Waals surface area (Å²) in [5, 5.41) is 14.3. The van der Waals surface area contributed by atoms with E-state index in [0.717, 1.165) is 11.1 Å². The second kappa shape index (κ2) is 7.09. The monoisotopic (exact) mass is 303 g/mol. The lowest BCUT2D eigenvalue weighted by atomic mass is 10.0. The number of ether oxygens (including phenoxy) is 1. The number of aromatic nitrogens is 2. The molecule has 0 spiro atoms. The number of phenolic OH excluding ortho intramolecular Hbond substituents is 1. The highest BCUT2D eigenvalue weighted by Gasteiger charge is 2.11. The number of aromatic hydroxyl groups is 1. The van der Waals surface area contributed by atoms with Gasteiger partial charge in [-0.05, 0) is 17.7 Å². The first-order valence-electron chi connectivity index (χ1n) is 7.05. The Kier molecular flexibility index (Phi) is 5.16. The van der Waals surface area contributed by atoms with Gasteiger partial charge in [-0.25, -0.2) is 0 Å².